The number of hydrogen-bond donors (Lipinski definition) is 0. The monoisotopic (exact) mass is 343 g/mol. The number of rotatable bonds is 1. The van der Waals surface area contributed by atoms with E-state index in [-0.39, 0.29) is 5.76 Å². The van der Waals surface area contributed by atoms with E-state index in [1.165, 1.54) is 10.6 Å². The normalized spacial score (nSPS) is 13.9. The van der Waals surface area contributed by atoms with Crippen molar-refractivity contribution < 1.29 is 9.21 Å². The molecule has 0 fully saturated rings. The van der Waals surface area contributed by atoms with Gasteiger partial charge in [0.2, 0.25) is 5.76 Å². The van der Waals surface area contributed by atoms with Crippen molar-refractivity contribution in [1.82, 2.24) is 19.3 Å². The molecule has 1 aliphatic carbocycles. The number of aromatic nitrogens is 4. The van der Waals surface area contributed by atoms with Gasteiger partial charge in [0.25, 0.3) is 0 Å². The van der Waals surface area contributed by atoms with Gasteiger partial charge in [-0.3, -0.25) is 9.48 Å². The SMILES string of the molecule is Cc1nc(C)c(C(=O)N=c2sc3c(n2C)-c2cnn(C)c2CC3)o1. The van der Waals surface area contributed by atoms with Crippen LogP contribution in [0.1, 0.15) is 32.7 Å². The largest absolute Gasteiger partial charge is 0.435 e. The van der Waals surface area contributed by atoms with Crippen LogP contribution < -0.4 is 4.80 Å². The van der Waals surface area contributed by atoms with Crippen molar-refractivity contribution in [3.05, 3.63) is 38.9 Å². The van der Waals surface area contributed by atoms with Crippen LogP contribution in [0.3, 0.4) is 0 Å². The Hall–Kier alpha value is -2.48. The number of carbonyl (C=O) groups is 1. The van der Waals surface area contributed by atoms with Gasteiger partial charge in [0.1, 0.15) is 0 Å². The fourth-order valence-electron chi connectivity index (χ4n) is 3.16. The third-order valence-corrected chi connectivity index (χ3v) is 5.49. The number of oxazole rings is 1. The average Bonchev–Trinajstić information content (AvgIpc) is 3.17. The predicted molar refractivity (Wildman–Crippen MR) is 88.8 cm³/mol. The van der Waals surface area contributed by atoms with Crippen LogP contribution in [0.5, 0.6) is 0 Å². The van der Waals surface area contributed by atoms with Crippen LogP contribution >= 0.6 is 11.3 Å². The standard InChI is InChI=1S/C16H17N5O2S/c1-8-14(23-9(2)18-8)15(22)19-16-20(3)13-10-7-17-21(4)11(10)5-6-12(13)24-16/h7H,5-6H2,1-4H3. The van der Waals surface area contributed by atoms with Gasteiger partial charge in [-0.1, -0.05) is 0 Å². The number of carbonyl (C=O) groups excluding carboxylic acids is 1. The number of hydrogen-bond acceptors (Lipinski definition) is 5. The number of nitrogens with zero attached hydrogens (tertiary/aromatic N) is 5. The molecule has 0 N–H and O–H groups in total. The Kier molecular flexibility index (Phi) is 3.31. The van der Waals surface area contributed by atoms with Crippen molar-refractivity contribution in [2.75, 3.05) is 0 Å². The highest BCUT2D eigenvalue weighted by atomic mass is 32.1. The van der Waals surface area contributed by atoms with E-state index in [0.717, 1.165) is 24.1 Å². The van der Waals surface area contributed by atoms with E-state index >= 15 is 0 Å². The number of aryl methyl sites for hydroxylation is 4. The van der Waals surface area contributed by atoms with Crippen LogP contribution in [0.2, 0.25) is 0 Å². The molecular formula is C16H17N5O2S. The van der Waals surface area contributed by atoms with E-state index in [2.05, 4.69) is 15.1 Å². The summed E-state index contributed by atoms with van der Waals surface area (Å²) in [6, 6.07) is 0. The zero-order valence-electron chi connectivity index (χ0n) is 14.0. The Morgan fingerprint density at radius 2 is 2.12 bits per heavy atom. The number of amides is 1. The maximum absolute atomic E-state index is 12.4. The van der Waals surface area contributed by atoms with Crippen LogP contribution in [0.15, 0.2) is 15.6 Å². The van der Waals surface area contributed by atoms with Crippen molar-refractivity contribution in [3.8, 4) is 11.3 Å². The van der Waals surface area contributed by atoms with Crippen LogP contribution in [-0.2, 0) is 26.9 Å². The van der Waals surface area contributed by atoms with E-state index in [1.807, 2.05) is 29.5 Å². The molecule has 0 spiro atoms. The summed E-state index contributed by atoms with van der Waals surface area (Å²) >= 11 is 1.55. The molecule has 7 nitrogen and oxygen atoms in total. The number of thiazole rings is 1. The minimum Gasteiger partial charge on any atom is -0.435 e. The molecule has 3 heterocycles. The first-order valence-electron chi connectivity index (χ1n) is 7.68. The maximum atomic E-state index is 12.4. The minimum absolute atomic E-state index is 0.209. The molecule has 1 amide bonds. The summed E-state index contributed by atoms with van der Waals surface area (Å²) in [6.07, 6.45) is 3.77. The first kappa shape index (κ1) is 15.1. The molecule has 0 saturated carbocycles. The van der Waals surface area contributed by atoms with Crippen molar-refractivity contribution in [2.45, 2.75) is 26.7 Å². The molecule has 124 valence electrons. The van der Waals surface area contributed by atoms with Gasteiger partial charge in [-0.2, -0.15) is 10.1 Å². The lowest BCUT2D eigenvalue weighted by atomic mass is 10.0. The molecule has 0 atom stereocenters. The molecule has 1 aliphatic rings. The molecule has 0 aromatic carbocycles. The fraction of sp³-hybridized carbons (Fsp3) is 0.375. The van der Waals surface area contributed by atoms with E-state index in [0.29, 0.717) is 16.4 Å². The van der Waals surface area contributed by atoms with Gasteiger partial charge < -0.3 is 8.98 Å². The van der Waals surface area contributed by atoms with E-state index in [9.17, 15) is 4.79 Å². The van der Waals surface area contributed by atoms with Gasteiger partial charge in [0, 0.05) is 37.2 Å². The quantitative estimate of drug-likeness (QED) is 0.676. The second kappa shape index (κ2) is 5.27. The lowest BCUT2D eigenvalue weighted by molar-refractivity contribution is 0.0969. The lowest BCUT2D eigenvalue weighted by Gasteiger charge is -2.13. The van der Waals surface area contributed by atoms with Gasteiger partial charge in [-0.05, 0) is 19.8 Å². The Labute approximate surface area is 142 Å². The van der Waals surface area contributed by atoms with Gasteiger partial charge in [-0.25, -0.2) is 4.98 Å². The summed E-state index contributed by atoms with van der Waals surface area (Å²) < 4.78 is 9.26. The molecule has 0 unspecified atom stereocenters. The van der Waals surface area contributed by atoms with Gasteiger partial charge in [0.05, 0.1) is 17.6 Å². The first-order valence-corrected chi connectivity index (χ1v) is 8.50. The number of fused-ring (bicyclic) bond motifs is 3. The molecule has 3 aromatic rings. The summed E-state index contributed by atoms with van der Waals surface area (Å²) in [6.45, 7) is 3.47. The second-order valence-electron chi connectivity index (χ2n) is 5.91. The highest BCUT2D eigenvalue weighted by molar-refractivity contribution is 7.09. The molecule has 0 radical (unpaired) electrons. The second-order valence-corrected chi connectivity index (χ2v) is 6.97. The summed E-state index contributed by atoms with van der Waals surface area (Å²) in [7, 11) is 3.89. The average molecular weight is 343 g/mol. The highest BCUT2D eigenvalue weighted by Crippen LogP contribution is 2.34. The third kappa shape index (κ3) is 2.17. The minimum atomic E-state index is -0.395. The molecule has 24 heavy (non-hydrogen) atoms. The molecular weight excluding hydrogens is 326 g/mol. The molecule has 4 rings (SSSR count). The highest BCUT2D eigenvalue weighted by Gasteiger charge is 2.24. The maximum Gasteiger partial charge on any atom is 0.317 e. The summed E-state index contributed by atoms with van der Waals surface area (Å²) in [4.78, 5) is 22.7. The Balaban J connectivity index is 1.83. The van der Waals surface area contributed by atoms with Gasteiger partial charge in [-0.15, -0.1) is 11.3 Å². The van der Waals surface area contributed by atoms with E-state index in [4.69, 9.17) is 4.42 Å². The Morgan fingerprint density at radius 1 is 1.33 bits per heavy atom. The Morgan fingerprint density at radius 3 is 2.83 bits per heavy atom. The van der Waals surface area contributed by atoms with Crippen LogP contribution in [0.25, 0.3) is 11.3 Å². The topological polar surface area (TPSA) is 78.2 Å². The molecule has 0 saturated heterocycles. The summed E-state index contributed by atoms with van der Waals surface area (Å²) in [5.74, 6) is 0.288. The zero-order chi connectivity index (χ0) is 17.0. The molecule has 3 aromatic heterocycles. The molecule has 8 heteroatoms. The van der Waals surface area contributed by atoms with Crippen molar-refractivity contribution in [2.24, 2.45) is 19.1 Å². The summed E-state index contributed by atoms with van der Waals surface area (Å²) in [5, 5.41) is 4.36. The van der Waals surface area contributed by atoms with E-state index in [1.54, 1.807) is 25.2 Å². The lowest BCUT2D eigenvalue weighted by Crippen LogP contribution is -2.15. The third-order valence-electron chi connectivity index (χ3n) is 4.30. The summed E-state index contributed by atoms with van der Waals surface area (Å²) in [5.41, 5.74) is 4.01. The first-order chi connectivity index (χ1) is 11.5. The smallest absolute Gasteiger partial charge is 0.317 e. The molecule has 0 aliphatic heterocycles. The predicted octanol–water partition coefficient (Wildman–Crippen LogP) is 1.93. The van der Waals surface area contributed by atoms with Crippen LogP contribution in [0, 0.1) is 13.8 Å². The van der Waals surface area contributed by atoms with E-state index < -0.39 is 5.91 Å². The Bertz CT molecular complexity index is 1030. The van der Waals surface area contributed by atoms with Gasteiger partial charge in [0.15, 0.2) is 10.7 Å². The van der Waals surface area contributed by atoms with Gasteiger partial charge >= 0.3 is 5.91 Å². The zero-order valence-corrected chi connectivity index (χ0v) is 14.8. The van der Waals surface area contributed by atoms with Crippen molar-refractivity contribution >= 4 is 17.2 Å². The van der Waals surface area contributed by atoms with Crippen molar-refractivity contribution in [1.29, 1.82) is 0 Å². The fourth-order valence-corrected chi connectivity index (χ4v) is 4.29. The molecule has 0 bridgehead atoms. The van der Waals surface area contributed by atoms with Crippen molar-refractivity contribution in [3.63, 3.8) is 0 Å². The van der Waals surface area contributed by atoms with Crippen LogP contribution in [0.4, 0.5) is 0 Å². The van der Waals surface area contributed by atoms with Crippen LogP contribution in [-0.4, -0.2) is 25.2 Å².